The number of hydrogen-bond donors (Lipinski definition) is 2. The quantitative estimate of drug-likeness (QED) is 0.674. The zero-order valence-electron chi connectivity index (χ0n) is 18.4. The van der Waals surface area contributed by atoms with E-state index in [-0.39, 0.29) is 29.7 Å². The Hall–Kier alpha value is -2.90. The molecular weight excluding hydrogens is 442 g/mol. The SMILES string of the molecule is O=C(Nc1cccc(C(=O)N2CCCC(C(=O)NCC3CCCO3)C2)c1)c1ccccc1Cl. The van der Waals surface area contributed by atoms with Crippen molar-refractivity contribution in [2.75, 3.05) is 31.6 Å². The van der Waals surface area contributed by atoms with Crippen LogP contribution in [0.2, 0.25) is 5.02 Å². The number of hydrogen-bond acceptors (Lipinski definition) is 4. The summed E-state index contributed by atoms with van der Waals surface area (Å²) in [5.41, 5.74) is 1.34. The Labute approximate surface area is 198 Å². The van der Waals surface area contributed by atoms with Crippen LogP contribution in [0.5, 0.6) is 0 Å². The Balaban J connectivity index is 1.36. The lowest BCUT2D eigenvalue weighted by Crippen LogP contribution is -2.46. The third kappa shape index (κ3) is 5.92. The normalized spacial score (nSPS) is 20.3. The highest BCUT2D eigenvalue weighted by Gasteiger charge is 2.29. The van der Waals surface area contributed by atoms with Gasteiger partial charge in [0, 0.05) is 37.5 Å². The van der Waals surface area contributed by atoms with Crippen molar-refractivity contribution in [2.45, 2.75) is 31.8 Å². The fourth-order valence-electron chi connectivity index (χ4n) is 4.30. The Morgan fingerprint density at radius 2 is 1.91 bits per heavy atom. The number of carbonyl (C=O) groups excluding carboxylic acids is 3. The minimum Gasteiger partial charge on any atom is -0.376 e. The average Bonchev–Trinajstić information content (AvgIpc) is 3.36. The molecule has 0 spiro atoms. The third-order valence-corrected chi connectivity index (χ3v) is 6.42. The van der Waals surface area contributed by atoms with E-state index in [4.69, 9.17) is 16.3 Å². The van der Waals surface area contributed by atoms with Crippen molar-refractivity contribution in [3.63, 3.8) is 0 Å². The summed E-state index contributed by atoms with van der Waals surface area (Å²) in [6.45, 7) is 2.26. The lowest BCUT2D eigenvalue weighted by atomic mass is 9.96. The van der Waals surface area contributed by atoms with E-state index >= 15 is 0 Å². The van der Waals surface area contributed by atoms with Crippen LogP contribution in [0, 0.1) is 5.92 Å². The Morgan fingerprint density at radius 3 is 2.70 bits per heavy atom. The highest BCUT2D eigenvalue weighted by Crippen LogP contribution is 2.22. The second-order valence-electron chi connectivity index (χ2n) is 8.49. The molecule has 0 aliphatic carbocycles. The Morgan fingerprint density at radius 1 is 1.06 bits per heavy atom. The molecule has 2 fully saturated rings. The van der Waals surface area contributed by atoms with Gasteiger partial charge in [-0.2, -0.15) is 0 Å². The average molecular weight is 470 g/mol. The van der Waals surface area contributed by atoms with Crippen molar-refractivity contribution < 1.29 is 19.1 Å². The van der Waals surface area contributed by atoms with Crippen LogP contribution in [0.25, 0.3) is 0 Å². The van der Waals surface area contributed by atoms with Crippen molar-refractivity contribution >= 4 is 35.0 Å². The molecule has 3 amide bonds. The summed E-state index contributed by atoms with van der Waals surface area (Å²) in [4.78, 5) is 40.0. The lowest BCUT2D eigenvalue weighted by Gasteiger charge is -2.32. The first kappa shape index (κ1) is 23.3. The van der Waals surface area contributed by atoms with Gasteiger partial charge in [0.2, 0.25) is 5.91 Å². The number of rotatable bonds is 6. The summed E-state index contributed by atoms with van der Waals surface area (Å²) >= 11 is 6.11. The number of likely N-dealkylation sites (tertiary alicyclic amines) is 1. The number of benzene rings is 2. The van der Waals surface area contributed by atoms with Crippen LogP contribution in [0.15, 0.2) is 48.5 Å². The van der Waals surface area contributed by atoms with E-state index in [9.17, 15) is 14.4 Å². The summed E-state index contributed by atoms with van der Waals surface area (Å²) in [6.07, 6.45) is 3.63. The fourth-order valence-corrected chi connectivity index (χ4v) is 4.52. The van der Waals surface area contributed by atoms with Crippen molar-refractivity contribution in [3.8, 4) is 0 Å². The van der Waals surface area contributed by atoms with E-state index in [1.807, 2.05) is 0 Å². The molecule has 0 bridgehead atoms. The molecule has 0 saturated carbocycles. The van der Waals surface area contributed by atoms with Crippen LogP contribution in [0.4, 0.5) is 5.69 Å². The molecular formula is C25H28ClN3O4. The van der Waals surface area contributed by atoms with E-state index in [2.05, 4.69) is 10.6 Å². The number of nitrogens with one attached hydrogen (secondary N) is 2. The number of piperidine rings is 1. The fraction of sp³-hybridized carbons (Fsp3) is 0.400. The molecule has 174 valence electrons. The van der Waals surface area contributed by atoms with E-state index < -0.39 is 0 Å². The molecule has 4 rings (SSSR count). The zero-order chi connectivity index (χ0) is 23.2. The number of carbonyl (C=O) groups is 3. The van der Waals surface area contributed by atoms with E-state index in [0.29, 0.717) is 41.5 Å². The standard InChI is InChI=1S/C25H28ClN3O4/c26-22-11-2-1-10-21(22)24(31)28-19-8-3-6-17(14-19)25(32)29-12-4-7-18(16-29)23(30)27-15-20-9-5-13-33-20/h1-3,6,8,10-11,14,18,20H,4-5,7,9,12-13,15-16H2,(H,27,30)(H,28,31). The molecule has 2 unspecified atom stereocenters. The number of amides is 3. The number of ether oxygens (including phenoxy) is 1. The van der Waals surface area contributed by atoms with Crippen LogP contribution in [-0.4, -0.2) is 55.0 Å². The molecule has 2 atom stereocenters. The summed E-state index contributed by atoms with van der Waals surface area (Å²) in [6, 6.07) is 13.6. The van der Waals surface area contributed by atoms with Crippen LogP contribution < -0.4 is 10.6 Å². The number of nitrogens with zero attached hydrogens (tertiary/aromatic N) is 1. The molecule has 2 aromatic rings. The molecule has 2 aliphatic rings. The van der Waals surface area contributed by atoms with Crippen molar-refractivity contribution in [3.05, 3.63) is 64.7 Å². The maximum Gasteiger partial charge on any atom is 0.257 e. The summed E-state index contributed by atoms with van der Waals surface area (Å²) in [7, 11) is 0. The molecule has 7 nitrogen and oxygen atoms in total. The summed E-state index contributed by atoms with van der Waals surface area (Å²) in [5, 5.41) is 6.14. The Kier molecular flexibility index (Phi) is 7.62. The van der Waals surface area contributed by atoms with E-state index in [0.717, 1.165) is 32.3 Å². The van der Waals surface area contributed by atoms with Gasteiger partial charge in [-0.25, -0.2) is 0 Å². The topological polar surface area (TPSA) is 87.7 Å². The molecule has 8 heteroatoms. The van der Waals surface area contributed by atoms with Crippen molar-refractivity contribution in [1.29, 1.82) is 0 Å². The van der Waals surface area contributed by atoms with Gasteiger partial charge in [0.05, 0.1) is 22.6 Å². The second-order valence-corrected chi connectivity index (χ2v) is 8.89. The minimum absolute atomic E-state index is 0.0243. The number of halogens is 1. The van der Waals surface area contributed by atoms with Gasteiger partial charge in [0.1, 0.15) is 0 Å². The zero-order valence-corrected chi connectivity index (χ0v) is 19.1. The first-order valence-electron chi connectivity index (χ1n) is 11.4. The minimum atomic E-state index is -0.342. The molecule has 2 aliphatic heterocycles. The van der Waals surface area contributed by atoms with Crippen LogP contribution in [-0.2, 0) is 9.53 Å². The van der Waals surface area contributed by atoms with Gasteiger partial charge in [-0.3, -0.25) is 14.4 Å². The first-order chi connectivity index (χ1) is 16.0. The molecule has 33 heavy (non-hydrogen) atoms. The second kappa shape index (κ2) is 10.8. The predicted octanol–water partition coefficient (Wildman–Crippen LogP) is 3.74. The van der Waals surface area contributed by atoms with Crippen LogP contribution in [0.3, 0.4) is 0 Å². The molecule has 2 N–H and O–H groups in total. The van der Waals surface area contributed by atoms with E-state index in [1.165, 1.54) is 0 Å². The van der Waals surface area contributed by atoms with Gasteiger partial charge in [-0.05, 0) is 56.0 Å². The lowest BCUT2D eigenvalue weighted by molar-refractivity contribution is -0.126. The van der Waals surface area contributed by atoms with Crippen molar-refractivity contribution in [2.24, 2.45) is 5.92 Å². The van der Waals surface area contributed by atoms with Gasteiger partial charge >= 0.3 is 0 Å². The first-order valence-corrected chi connectivity index (χ1v) is 11.7. The summed E-state index contributed by atoms with van der Waals surface area (Å²) < 4.78 is 5.56. The van der Waals surface area contributed by atoms with E-state index in [1.54, 1.807) is 53.4 Å². The maximum absolute atomic E-state index is 13.1. The molecule has 0 aromatic heterocycles. The molecule has 2 aromatic carbocycles. The number of anilines is 1. The smallest absolute Gasteiger partial charge is 0.257 e. The highest BCUT2D eigenvalue weighted by molar-refractivity contribution is 6.34. The van der Waals surface area contributed by atoms with Gasteiger partial charge < -0.3 is 20.3 Å². The van der Waals surface area contributed by atoms with Gasteiger partial charge in [0.25, 0.3) is 11.8 Å². The monoisotopic (exact) mass is 469 g/mol. The summed E-state index contributed by atoms with van der Waals surface area (Å²) in [5.74, 6) is -0.748. The largest absolute Gasteiger partial charge is 0.376 e. The van der Waals surface area contributed by atoms with Gasteiger partial charge in [0.15, 0.2) is 0 Å². The maximum atomic E-state index is 13.1. The predicted molar refractivity (Wildman–Crippen MR) is 126 cm³/mol. The molecule has 0 radical (unpaired) electrons. The van der Waals surface area contributed by atoms with Crippen LogP contribution in [0.1, 0.15) is 46.4 Å². The van der Waals surface area contributed by atoms with Crippen LogP contribution >= 0.6 is 11.6 Å². The Bertz CT molecular complexity index is 1020. The van der Waals surface area contributed by atoms with Gasteiger partial charge in [-0.15, -0.1) is 0 Å². The highest BCUT2D eigenvalue weighted by atomic mass is 35.5. The van der Waals surface area contributed by atoms with Crippen molar-refractivity contribution in [1.82, 2.24) is 10.2 Å². The third-order valence-electron chi connectivity index (χ3n) is 6.09. The molecule has 2 heterocycles. The molecule has 2 saturated heterocycles. The van der Waals surface area contributed by atoms with Gasteiger partial charge in [-0.1, -0.05) is 29.8 Å².